The molecule has 1 fully saturated rings. The lowest BCUT2D eigenvalue weighted by Crippen LogP contribution is -2.46. The number of allylic oxidation sites excluding steroid dienone is 2. The van der Waals surface area contributed by atoms with Gasteiger partial charge in [0.05, 0.1) is 40.9 Å². The molecule has 4 heterocycles. The second-order valence-corrected chi connectivity index (χ2v) is 17.6. The average molecular weight is 847 g/mol. The van der Waals surface area contributed by atoms with Gasteiger partial charge in [0.15, 0.2) is 11.4 Å². The van der Waals surface area contributed by atoms with Crippen molar-refractivity contribution in [3.63, 3.8) is 0 Å². The van der Waals surface area contributed by atoms with E-state index in [1.54, 1.807) is 65.8 Å². The minimum atomic E-state index is -1.96. The molecular weight excluding hydrogens is 785 g/mol. The second kappa shape index (κ2) is 17.5. The molecule has 2 aromatic carbocycles. The Balaban J connectivity index is 1.55. The van der Waals surface area contributed by atoms with Crippen molar-refractivity contribution in [3.05, 3.63) is 58.0 Å². The number of anilines is 1. The molecule has 5 N–H and O–H groups in total. The molecule has 61 heavy (non-hydrogen) atoms. The molecule has 0 aliphatic carbocycles. The summed E-state index contributed by atoms with van der Waals surface area (Å²) in [4.78, 5) is 53.7. The van der Waals surface area contributed by atoms with E-state index in [0.717, 1.165) is 6.42 Å². The van der Waals surface area contributed by atoms with Crippen LogP contribution in [0.1, 0.15) is 97.5 Å². The molecule has 1 spiro atoms. The lowest BCUT2D eigenvalue weighted by molar-refractivity contribution is -0.160. The summed E-state index contributed by atoms with van der Waals surface area (Å²) >= 11 is 0. The first-order valence-electron chi connectivity index (χ1n) is 21.3. The van der Waals surface area contributed by atoms with Gasteiger partial charge in [0.2, 0.25) is 0 Å². The Morgan fingerprint density at radius 3 is 2.26 bits per heavy atom. The molecule has 1 amide bonds. The van der Waals surface area contributed by atoms with Crippen LogP contribution in [-0.2, 0) is 23.8 Å². The summed E-state index contributed by atoms with van der Waals surface area (Å²) in [6.45, 7) is 18.6. The SMILES string of the molecule is CCC(C)N1CCC2(CC1)N=c1c3c(O)c4c(O)c(C)c5c(c4c1=N2)C(=O)[C@@](C)(O/C=C/[C@H](OC)[C@@H](C)[C@@H](OC(C)=O)[C@H](C)[C@H](O)[C@H](C)[C@@H](O)[C@@H](C)/C=C/C=C(\C)C(=O)N3)O5. The normalized spacial score (nSPS) is 33.1. The number of Topliss-reactive ketones (excluding diaryl/α,β-unsaturated/α-hetero) is 1. The predicted octanol–water partition coefficient (Wildman–Crippen LogP) is 4.89. The van der Waals surface area contributed by atoms with Crippen molar-refractivity contribution in [1.29, 1.82) is 0 Å². The fourth-order valence-corrected chi connectivity index (χ4v) is 9.17. The molecule has 15 heteroatoms. The van der Waals surface area contributed by atoms with Gasteiger partial charge in [-0.3, -0.25) is 24.4 Å². The van der Waals surface area contributed by atoms with Gasteiger partial charge in [0.25, 0.3) is 11.7 Å². The summed E-state index contributed by atoms with van der Waals surface area (Å²) in [5, 5.41) is 50.2. The van der Waals surface area contributed by atoms with Crippen molar-refractivity contribution in [1.82, 2.24) is 4.90 Å². The van der Waals surface area contributed by atoms with Crippen molar-refractivity contribution in [2.45, 2.75) is 130 Å². The summed E-state index contributed by atoms with van der Waals surface area (Å²) in [7, 11) is 1.47. The number of ether oxygens (including phenoxy) is 4. The summed E-state index contributed by atoms with van der Waals surface area (Å²) in [5.74, 6) is -6.90. The number of piperidine rings is 1. The van der Waals surface area contributed by atoms with E-state index in [4.69, 9.17) is 28.9 Å². The molecule has 1 unspecified atom stereocenters. The van der Waals surface area contributed by atoms with E-state index in [1.807, 2.05) is 0 Å². The average Bonchev–Trinajstić information content (AvgIpc) is 3.73. The first kappa shape index (κ1) is 45.7. The van der Waals surface area contributed by atoms with Crippen LogP contribution in [0.2, 0.25) is 0 Å². The van der Waals surface area contributed by atoms with Crippen molar-refractivity contribution >= 4 is 34.1 Å². The van der Waals surface area contributed by atoms with Crippen LogP contribution in [0.15, 0.2) is 46.1 Å². The molecule has 1 saturated heterocycles. The number of aliphatic hydroxyl groups excluding tert-OH is 2. The minimum absolute atomic E-state index is 0.0363. The van der Waals surface area contributed by atoms with Gasteiger partial charge in [-0.1, -0.05) is 52.8 Å². The van der Waals surface area contributed by atoms with Gasteiger partial charge in [-0.25, -0.2) is 0 Å². The van der Waals surface area contributed by atoms with Crippen LogP contribution in [0, 0.1) is 30.6 Å². The number of aliphatic hydroxyl groups is 2. The van der Waals surface area contributed by atoms with Crippen LogP contribution in [0.25, 0.3) is 10.8 Å². The number of carbonyl (C=O) groups is 3. The number of esters is 1. The standard InChI is InChI=1S/C46H62N4O11/c1-12-24(4)50-19-17-46(18-20-50)48-34-31-32-39(54)28(8)42-33(31)43(56)45(10,61-42)59-21-16-30(58-11)25(5)41(60-29(9)51)27(7)38(53)26(6)37(52)22(2)14-13-15-23(3)44(57)47-36(40(32)55)35(34)49-46/h13-16,21-22,24-27,30,37-38,41,52-55H,12,17-20H2,1-11H3,(H,47,57)/b14-13+,21-16+,23-15+/t22-,24?,25+,26+,27+,30-,37-,38+,41+,45-/m0/s1. The van der Waals surface area contributed by atoms with Crippen molar-refractivity contribution < 1.29 is 53.8 Å². The molecule has 10 atom stereocenters. The molecule has 15 nitrogen and oxygen atoms in total. The second-order valence-electron chi connectivity index (χ2n) is 17.6. The Morgan fingerprint density at radius 2 is 1.64 bits per heavy atom. The van der Waals surface area contributed by atoms with E-state index < -0.39 is 82.9 Å². The minimum Gasteiger partial charge on any atom is -0.507 e. The first-order valence-corrected chi connectivity index (χ1v) is 21.3. The van der Waals surface area contributed by atoms with Crippen LogP contribution in [0.3, 0.4) is 0 Å². The van der Waals surface area contributed by atoms with E-state index in [0.29, 0.717) is 32.0 Å². The number of carbonyl (C=O) groups excluding carboxylic acids is 3. The van der Waals surface area contributed by atoms with Crippen LogP contribution >= 0.6 is 0 Å². The van der Waals surface area contributed by atoms with Gasteiger partial charge in [-0.15, -0.1) is 0 Å². The number of hydrogen-bond donors (Lipinski definition) is 5. The van der Waals surface area contributed by atoms with Crippen LogP contribution in [0.4, 0.5) is 5.69 Å². The molecule has 2 aromatic rings. The lowest BCUT2D eigenvalue weighted by Gasteiger charge is -2.38. The molecule has 4 bridgehead atoms. The van der Waals surface area contributed by atoms with Crippen LogP contribution in [0.5, 0.6) is 17.2 Å². The van der Waals surface area contributed by atoms with Crippen molar-refractivity contribution in [2.75, 3.05) is 25.5 Å². The van der Waals surface area contributed by atoms with E-state index in [9.17, 15) is 34.8 Å². The number of hydrogen-bond acceptors (Lipinski definition) is 14. The summed E-state index contributed by atoms with van der Waals surface area (Å²) in [6, 6.07) is 0.351. The summed E-state index contributed by atoms with van der Waals surface area (Å²) in [6.07, 6.45) is 6.00. The molecule has 332 valence electrons. The Hall–Kier alpha value is -4.83. The molecule has 4 aliphatic rings. The third-order valence-electron chi connectivity index (χ3n) is 13.4. The van der Waals surface area contributed by atoms with Crippen LogP contribution in [-0.4, -0.2) is 105 Å². The Morgan fingerprint density at radius 1 is 0.984 bits per heavy atom. The fraction of sp³-hybridized carbons (Fsp3) is 0.587. The van der Waals surface area contributed by atoms with E-state index in [2.05, 4.69) is 24.1 Å². The molecule has 0 radical (unpaired) electrons. The van der Waals surface area contributed by atoms with Gasteiger partial charge in [0, 0.05) is 93.1 Å². The highest BCUT2D eigenvalue weighted by atomic mass is 16.7. The molecule has 0 aromatic heterocycles. The number of nitrogens with one attached hydrogen (secondary N) is 1. The quantitative estimate of drug-likeness (QED) is 0.206. The van der Waals surface area contributed by atoms with Gasteiger partial charge in [0.1, 0.15) is 28.6 Å². The number of likely N-dealkylation sites (tertiary alicyclic amines) is 1. The molecular formula is C46H62N4O11. The lowest BCUT2D eigenvalue weighted by atomic mass is 9.78. The number of aromatic hydroxyl groups is 2. The van der Waals surface area contributed by atoms with Gasteiger partial charge in [-0.05, 0) is 33.3 Å². The van der Waals surface area contributed by atoms with E-state index >= 15 is 0 Å². The summed E-state index contributed by atoms with van der Waals surface area (Å²) < 4.78 is 24.0. The predicted molar refractivity (Wildman–Crippen MR) is 228 cm³/mol. The monoisotopic (exact) mass is 846 g/mol. The molecule has 6 rings (SSSR count). The number of methoxy groups -OCH3 is 1. The topological polar surface area (TPSA) is 209 Å². The number of rotatable bonds is 4. The zero-order valence-electron chi connectivity index (χ0n) is 37.1. The maximum absolute atomic E-state index is 14.7. The number of amides is 1. The van der Waals surface area contributed by atoms with Crippen molar-refractivity contribution in [2.24, 2.45) is 33.7 Å². The molecule has 4 aliphatic heterocycles. The zero-order chi connectivity index (χ0) is 44.9. The highest BCUT2D eigenvalue weighted by molar-refractivity contribution is 6.19. The molecule has 0 saturated carbocycles. The summed E-state index contributed by atoms with van der Waals surface area (Å²) in [5.41, 5.74) is -0.576. The van der Waals surface area contributed by atoms with Crippen LogP contribution < -0.4 is 20.8 Å². The first-order chi connectivity index (χ1) is 28.7. The zero-order valence-corrected chi connectivity index (χ0v) is 37.1. The number of nitrogens with zero attached hydrogens (tertiary/aromatic N) is 3. The maximum atomic E-state index is 14.7. The van der Waals surface area contributed by atoms with Gasteiger partial charge in [-0.2, -0.15) is 0 Å². The van der Waals surface area contributed by atoms with E-state index in [1.165, 1.54) is 27.2 Å². The highest BCUT2D eigenvalue weighted by Gasteiger charge is 2.50. The number of benzene rings is 2. The number of phenols is 2. The van der Waals surface area contributed by atoms with E-state index in [-0.39, 0.29) is 55.4 Å². The highest BCUT2D eigenvalue weighted by Crippen LogP contribution is 2.50. The maximum Gasteiger partial charge on any atom is 0.312 e. The Labute approximate surface area is 356 Å². The Kier molecular flexibility index (Phi) is 13.1. The van der Waals surface area contributed by atoms with Gasteiger partial charge < -0.3 is 49.6 Å². The number of fused-ring (bicyclic) bond motifs is 1. The number of phenolic OH excluding ortho intramolecular Hbond substituents is 2. The van der Waals surface area contributed by atoms with Gasteiger partial charge >= 0.3 is 11.8 Å². The van der Waals surface area contributed by atoms with Crippen molar-refractivity contribution in [3.8, 4) is 17.2 Å². The number of ketones is 1. The largest absolute Gasteiger partial charge is 0.507 e. The third kappa shape index (κ3) is 8.29. The Bertz CT molecular complexity index is 2300. The fourth-order valence-electron chi connectivity index (χ4n) is 9.17. The third-order valence-corrected chi connectivity index (χ3v) is 13.4. The smallest absolute Gasteiger partial charge is 0.312 e.